The Labute approximate surface area is 121 Å². The number of rotatable bonds is 5. The van der Waals surface area contributed by atoms with Crippen LogP contribution in [0.3, 0.4) is 0 Å². The molecule has 0 aliphatic heterocycles. The van der Waals surface area contributed by atoms with Crippen LogP contribution in [-0.4, -0.2) is 10.3 Å². The average molecular weight is 286 g/mol. The smallest absolute Gasteiger partial charge is 0.167 e. The first kappa shape index (κ1) is 13.0. The second kappa shape index (κ2) is 5.96. The van der Waals surface area contributed by atoms with Crippen LogP contribution in [0, 0.1) is 6.92 Å². The Balaban J connectivity index is 1.58. The minimum absolute atomic E-state index is 0.786. The predicted molar refractivity (Wildman–Crippen MR) is 78.2 cm³/mol. The van der Waals surface area contributed by atoms with Crippen LogP contribution in [0.15, 0.2) is 51.5 Å². The van der Waals surface area contributed by atoms with Crippen molar-refractivity contribution in [2.75, 3.05) is 0 Å². The second-order valence-corrected chi connectivity index (χ2v) is 5.46. The van der Waals surface area contributed by atoms with Gasteiger partial charge in [0.05, 0.1) is 17.1 Å². The van der Waals surface area contributed by atoms with E-state index in [4.69, 9.17) is 9.05 Å². The minimum Gasteiger partial charge on any atom is -0.360 e. The normalized spacial score (nSPS) is 10.8. The zero-order chi connectivity index (χ0) is 13.8. The van der Waals surface area contributed by atoms with Crippen molar-refractivity contribution in [3.05, 3.63) is 59.6 Å². The van der Waals surface area contributed by atoms with Gasteiger partial charge in [-0.05, 0) is 6.92 Å². The maximum absolute atomic E-state index is 5.36. The summed E-state index contributed by atoms with van der Waals surface area (Å²) in [4.78, 5) is 0. The first-order valence-electron chi connectivity index (χ1n) is 6.32. The van der Waals surface area contributed by atoms with E-state index >= 15 is 0 Å². The molecule has 0 saturated carbocycles. The van der Waals surface area contributed by atoms with Gasteiger partial charge in [-0.2, -0.15) is 0 Å². The Kier molecular flexibility index (Phi) is 3.87. The lowest BCUT2D eigenvalue weighted by Gasteiger charge is -1.93. The van der Waals surface area contributed by atoms with Crippen LogP contribution in [0.4, 0.5) is 0 Å². The Morgan fingerprint density at radius 2 is 1.85 bits per heavy atom. The Bertz CT molecular complexity index is 676. The summed E-state index contributed by atoms with van der Waals surface area (Å²) in [5, 5.41) is 7.95. The zero-order valence-corrected chi connectivity index (χ0v) is 11.9. The number of aromatic nitrogens is 2. The fourth-order valence-electron chi connectivity index (χ4n) is 1.86. The summed E-state index contributed by atoms with van der Waals surface area (Å²) in [6.45, 7) is 1.92. The Morgan fingerprint density at radius 1 is 1.00 bits per heavy atom. The third-order valence-electron chi connectivity index (χ3n) is 2.79. The quantitative estimate of drug-likeness (QED) is 0.707. The van der Waals surface area contributed by atoms with E-state index in [9.17, 15) is 0 Å². The first-order valence-corrected chi connectivity index (χ1v) is 7.48. The number of aryl methyl sites for hydroxylation is 1. The van der Waals surface area contributed by atoms with Crippen molar-refractivity contribution < 1.29 is 9.05 Å². The summed E-state index contributed by atoms with van der Waals surface area (Å²) in [6, 6.07) is 13.9. The molecule has 5 heteroatoms. The molecule has 102 valence electrons. The van der Waals surface area contributed by atoms with Crippen LogP contribution in [0.25, 0.3) is 11.3 Å². The molecule has 0 radical (unpaired) electrons. The summed E-state index contributed by atoms with van der Waals surface area (Å²) in [5.74, 6) is 3.26. The minimum atomic E-state index is 0.786. The van der Waals surface area contributed by atoms with Gasteiger partial charge in [-0.15, -0.1) is 11.8 Å². The molecule has 20 heavy (non-hydrogen) atoms. The van der Waals surface area contributed by atoms with E-state index in [-0.39, 0.29) is 0 Å². The number of benzene rings is 1. The summed E-state index contributed by atoms with van der Waals surface area (Å²) in [7, 11) is 0. The van der Waals surface area contributed by atoms with Gasteiger partial charge in [-0.25, -0.2) is 0 Å². The van der Waals surface area contributed by atoms with E-state index in [1.165, 1.54) is 0 Å². The molecule has 0 fully saturated rings. The van der Waals surface area contributed by atoms with Crippen LogP contribution in [0.2, 0.25) is 0 Å². The second-order valence-electron chi connectivity index (χ2n) is 4.48. The maximum atomic E-state index is 5.36. The van der Waals surface area contributed by atoms with Crippen LogP contribution in [0.5, 0.6) is 0 Å². The van der Waals surface area contributed by atoms with E-state index in [0.29, 0.717) is 0 Å². The van der Waals surface area contributed by atoms with E-state index in [1.54, 1.807) is 11.8 Å². The van der Waals surface area contributed by atoms with Crippen molar-refractivity contribution in [3.63, 3.8) is 0 Å². The molecule has 0 saturated heterocycles. The molecule has 3 aromatic rings. The standard InChI is InChI=1S/C15H14N2O2S/c1-11-7-14(18-16-11)10-20-9-13-8-15(19-17-13)12-5-3-2-4-6-12/h2-8H,9-10H2,1H3. The maximum Gasteiger partial charge on any atom is 0.167 e. The molecule has 2 aromatic heterocycles. The highest BCUT2D eigenvalue weighted by Gasteiger charge is 2.07. The van der Waals surface area contributed by atoms with Crippen LogP contribution >= 0.6 is 11.8 Å². The van der Waals surface area contributed by atoms with Crippen LogP contribution in [-0.2, 0) is 11.5 Å². The van der Waals surface area contributed by atoms with E-state index < -0.39 is 0 Å². The highest BCUT2D eigenvalue weighted by atomic mass is 32.2. The highest BCUT2D eigenvalue weighted by Crippen LogP contribution is 2.23. The van der Waals surface area contributed by atoms with Crippen molar-refractivity contribution >= 4 is 11.8 Å². The Hall–Kier alpha value is -2.01. The lowest BCUT2D eigenvalue weighted by Crippen LogP contribution is -1.81. The van der Waals surface area contributed by atoms with Gasteiger partial charge in [0, 0.05) is 23.4 Å². The van der Waals surface area contributed by atoms with Gasteiger partial charge >= 0.3 is 0 Å². The average Bonchev–Trinajstić information content (AvgIpc) is 3.09. The monoisotopic (exact) mass is 286 g/mol. The molecule has 0 bridgehead atoms. The van der Waals surface area contributed by atoms with Gasteiger partial charge in [0.2, 0.25) is 0 Å². The molecule has 0 amide bonds. The molecule has 1 aromatic carbocycles. The number of hydrogen-bond donors (Lipinski definition) is 0. The predicted octanol–water partition coefficient (Wildman–Crippen LogP) is 4.07. The summed E-state index contributed by atoms with van der Waals surface area (Å²) < 4.78 is 10.5. The summed E-state index contributed by atoms with van der Waals surface area (Å²) >= 11 is 1.73. The van der Waals surface area contributed by atoms with Crippen molar-refractivity contribution in [1.29, 1.82) is 0 Å². The Morgan fingerprint density at radius 3 is 2.60 bits per heavy atom. The van der Waals surface area contributed by atoms with E-state index in [2.05, 4.69) is 10.3 Å². The molecule has 0 aliphatic carbocycles. The fraction of sp³-hybridized carbons (Fsp3) is 0.200. The van der Waals surface area contributed by atoms with E-state index in [1.807, 2.05) is 49.4 Å². The van der Waals surface area contributed by atoms with Gasteiger partial charge in [0.1, 0.15) is 5.76 Å². The van der Waals surface area contributed by atoms with E-state index in [0.717, 1.165) is 40.0 Å². The summed E-state index contributed by atoms with van der Waals surface area (Å²) in [5.41, 5.74) is 2.89. The fourth-order valence-corrected chi connectivity index (χ4v) is 2.64. The molecule has 0 atom stereocenters. The lowest BCUT2D eigenvalue weighted by atomic mass is 10.2. The zero-order valence-electron chi connectivity index (χ0n) is 11.1. The first-order chi connectivity index (χ1) is 9.81. The van der Waals surface area contributed by atoms with Gasteiger partial charge in [0.25, 0.3) is 0 Å². The molecular weight excluding hydrogens is 272 g/mol. The van der Waals surface area contributed by atoms with Crippen LogP contribution < -0.4 is 0 Å². The third-order valence-corrected chi connectivity index (χ3v) is 3.78. The van der Waals surface area contributed by atoms with Gasteiger partial charge in [0.15, 0.2) is 5.76 Å². The SMILES string of the molecule is Cc1cc(CSCc2cc(-c3ccccc3)on2)on1. The van der Waals surface area contributed by atoms with Gasteiger partial charge in [-0.3, -0.25) is 0 Å². The van der Waals surface area contributed by atoms with Gasteiger partial charge in [-0.1, -0.05) is 40.6 Å². The van der Waals surface area contributed by atoms with Crippen molar-refractivity contribution in [1.82, 2.24) is 10.3 Å². The molecule has 0 aliphatic rings. The van der Waals surface area contributed by atoms with Crippen molar-refractivity contribution in [2.45, 2.75) is 18.4 Å². The number of nitrogens with zero attached hydrogens (tertiary/aromatic N) is 2. The molecule has 3 rings (SSSR count). The molecule has 4 nitrogen and oxygen atoms in total. The summed E-state index contributed by atoms with van der Waals surface area (Å²) in [6.07, 6.45) is 0. The largest absolute Gasteiger partial charge is 0.360 e. The highest BCUT2D eigenvalue weighted by molar-refractivity contribution is 7.97. The van der Waals surface area contributed by atoms with Crippen LogP contribution in [0.1, 0.15) is 17.1 Å². The molecule has 2 heterocycles. The molecule has 0 spiro atoms. The molecule has 0 N–H and O–H groups in total. The number of thioether (sulfide) groups is 1. The van der Waals surface area contributed by atoms with Gasteiger partial charge < -0.3 is 9.05 Å². The third kappa shape index (κ3) is 3.11. The van der Waals surface area contributed by atoms with Crippen molar-refractivity contribution in [3.8, 4) is 11.3 Å². The molecule has 0 unspecified atom stereocenters. The van der Waals surface area contributed by atoms with Crippen molar-refractivity contribution in [2.24, 2.45) is 0 Å². The number of hydrogen-bond acceptors (Lipinski definition) is 5. The molecular formula is C15H14N2O2S. The topological polar surface area (TPSA) is 52.1 Å². The lowest BCUT2D eigenvalue weighted by molar-refractivity contribution is 0.391.